The van der Waals surface area contributed by atoms with Crippen molar-refractivity contribution in [1.82, 2.24) is 0 Å². The van der Waals surface area contributed by atoms with E-state index < -0.39 is 5.92 Å². The molecule has 5 heteroatoms. The van der Waals surface area contributed by atoms with Gasteiger partial charge in [-0.2, -0.15) is 10.5 Å². The Morgan fingerprint density at radius 3 is 2.39 bits per heavy atom. The van der Waals surface area contributed by atoms with E-state index in [0.717, 1.165) is 5.56 Å². The van der Waals surface area contributed by atoms with Crippen LogP contribution in [0.3, 0.4) is 0 Å². The molecule has 0 amide bonds. The molecule has 1 aliphatic heterocycles. The molecule has 0 saturated heterocycles. The molecule has 0 radical (unpaired) electrons. The molecule has 1 aromatic carbocycles. The third-order valence-electron chi connectivity index (χ3n) is 2.63. The molecule has 0 spiro atoms. The molecule has 2 rings (SSSR count). The average Bonchev–Trinajstić information content (AvgIpc) is 2.39. The first-order valence-electron chi connectivity index (χ1n) is 5.09. The van der Waals surface area contributed by atoms with Crippen molar-refractivity contribution >= 4 is 11.6 Å². The topological polar surface area (TPSA) is 82.8 Å². The smallest absolute Gasteiger partial charge is 0.204 e. The van der Waals surface area contributed by atoms with E-state index in [0.29, 0.717) is 10.6 Å². The van der Waals surface area contributed by atoms with Gasteiger partial charge in [0.15, 0.2) is 0 Å². The predicted octanol–water partition coefficient (Wildman–Crippen LogP) is 2.56. The van der Waals surface area contributed by atoms with Gasteiger partial charge in [0, 0.05) is 5.02 Å². The fourth-order valence-electron chi connectivity index (χ4n) is 1.77. The van der Waals surface area contributed by atoms with Crippen LogP contribution in [0.4, 0.5) is 0 Å². The molecule has 0 bridgehead atoms. The minimum Gasteiger partial charge on any atom is -0.447 e. The third-order valence-corrected chi connectivity index (χ3v) is 2.88. The highest BCUT2D eigenvalue weighted by molar-refractivity contribution is 6.30. The van der Waals surface area contributed by atoms with Crippen molar-refractivity contribution in [2.75, 3.05) is 0 Å². The zero-order chi connectivity index (χ0) is 13.1. The second kappa shape index (κ2) is 4.83. The molecule has 0 saturated carbocycles. The largest absolute Gasteiger partial charge is 0.447 e. The molecule has 0 aliphatic carbocycles. The summed E-state index contributed by atoms with van der Waals surface area (Å²) in [5.74, 6) is -0.470. The number of allylic oxidation sites excluding steroid dienone is 2. The maximum absolute atomic E-state index is 9.13. The van der Waals surface area contributed by atoms with Crippen LogP contribution in [0, 0.1) is 22.7 Å². The molecule has 18 heavy (non-hydrogen) atoms. The van der Waals surface area contributed by atoms with Crippen LogP contribution in [0.25, 0.3) is 0 Å². The minimum absolute atomic E-state index is 0.0245. The van der Waals surface area contributed by atoms with Crippen LogP contribution in [-0.4, -0.2) is 0 Å². The van der Waals surface area contributed by atoms with Crippen molar-refractivity contribution in [3.63, 3.8) is 0 Å². The van der Waals surface area contributed by atoms with E-state index in [2.05, 4.69) is 0 Å². The molecule has 88 valence electrons. The number of hydrogen-bond donors (Lipinski definition) is 1. The number of nitriles is 2. The van der Waals surface area contributed by atoms with Crippen molar-refractivity contribution in [2.24, 2.45) is 5.73 Å². The molecule has 1 atom stereocenters. The molecule has 1 aliphatic rings. The van der Waals surface area contributed by atoms with Gasteiger partial charge in [0.1, 0.15) is 17.9 Å². The third kappa shape index (κ3) is 2.02. The first-order valence-corrected chi connectivity index (χ1v) is 5.47. The number of hydrogen-bond acceptors (Lipinski definition) is 4. The van der Waals surface area contributed by atoms with E-state index in [1.807, 2.05) is 12.1 Å². The fraction of sp³-hybridized carbons (Fsp3) is 0.0769. The lowest BCUT2D eigenvalue weighted by Gasteiger charge is -2.21. The summed E-state index contributed by atoms with van der Waals surface area (Å²) in [5, 5.41) is 18.8. The lowest BCUT2D eigenvalue weighted by Crippen LogP contribution is -2.16. The molecule has 0 fully saturated rings. The van der Waals surface area contributed by atoms with Crippen LogP contribution in [0.2, 0.25) is 5.02 Å². The first kappa shape index (κ1) is 12.0. The number of halogens is 1. The second-order valence-electron chi connectivity index (χ2n) is 3.68. The van der Waals surface area contributed by atoms with E-state index >= 15 is 0 Å². The summed E-state index contributed by atoms with van der Waals surface area (Å²) in [6.45, 7) is 0. The molecule has 1 unspecified atom stereocenters. The highest BCUT2D eigenvalue weighted by Gasteiger charge is 2.28. The van der Waals surface area contributed by atoms with Gasteiger partial charge in [-0.25, -0.2) is 0 Å². The molecule has 0 aromatic heterocycles. The van der Waals surface area contributed by atoms with Gasteiger partial charge in [0.2, 0.25) is 5.88 Å². The zero-order valence-corrected chi connectivity index (χ0v) is 9.98. The molecular weight excluding hydrogens is 250 g/mol. The zero-order valence-electron chi connectivity index (χ0n) is 9.22. The van der Waals surface area contributed by atoms with Crippen LogP contribution >= 0.6 is 11.6 Å². The number of ether oxygens (including phenoxy) is 1. The van der Waals surface area contributed by atoms with Crippen LogP contribution in [0.15, 0.2) is 47.6 Å². The normalized spacial score (nSPS) is 18.4. The predicted molar refractivity (Wildman–Crippen MR) is 65.8 cm³/mol. The van der Waals surface area contributed by atoms with E-state index in [-0.39, 0.29) is 11.5 Å². The van der Waals surface area contributed by atoms with Gasteiger partial charge < -0.3 is 10.5 Å². The van der Waals surface area contributed by atoms with Gasteiger partial charge in [-0.3, -0.25) is 0 Å². The van der Waals surface area contributed by atoms with Crippen LogP contribution in [0.1, 0.15) is 11.5 Å². The minimum atomic E-state index is -0.494. The lowest BCUT2D eigenvalue weighted by atomic mass is 9.85. The Balaban J connectivity index is 2.54. The Kier molecular flexibility index (Phi) is 3.23. The number of benzene rings is 1. The van der Waals surface area contributed by atoms with Crippen LogP contribution in [-0.2, 0) is 4.74 Å². The fourth-order valence-corrected chi connectivity index (χ4v) is 1.89. The molecular formula is C13H8ClN3O. The van der Waals surface area contributed by atoms with E-state index in [1.165, 1.54) is 6.26 Å². The Morgan fingerprint density at radius 1 is 1.17 bits per heavy atom. The molecule has 1 heterocycles. The number of rotatable bonds is 1. The summed E-state index contributed by atoms with van der Waals surface area (Å²) >= 11 is 5.81. The van der Waals surface area contributed by atoms with Gasteiger partial charge in [-0.05, 0) is 17.7 Å². The van der Waals surface area contributed by atoms with E-state index in [9.17, 15) is 0 Å². The number of nitrogens with zero attached hydrogens (tertiary/aromatic N) is 2. The van der Waals surface area contributed by atoms with Gasteiger partial charge in [-0.1, -0.05) is 23.7 Å². The standard InChI is InChI=1S/C13H8ClN3O/c14-10-3-1-8(2-4-10)12-9(5-15)7-18-13(17)11(12)6-16/h1-4,7,12H,17H2. The number of nitrogens with two attached hydrogens (primary N) is 1. The van der Waals surface area contributed by atoms with Crippen molar-refractivity contribution in [1.29, 1.82) is 10.5 Å². The summed E-state index contributed by atoms with van der Waals surface area (Å²) in [6.07, 6.45) is 1.27. The van der Waals surface area contributed by atoms with Crippen LogP contribution in [0.5, 0.6) is 0 Å². The van der Waals surface area contributed by atoms with Gasteiger partial charge in [-0.15, -0.1) is 0 Å². The Labute approximate surface area is 109 Å². The Bertz CT molecular complexity index is 617. The average molecular weight is 258 g/mol. The first-order chi connectivity index (χ1) is 8.67. The highest BCUT2D eigenvalue weighted by Crippen LogP contribution is 2.35. The summed E-state index contributed by atoms with van der Waals surface area (Å²) in [7, 11) is 0. The van der Waals surface area contributed by atoms with Crippen molar-refractivity contribution in [3.05, 3.63) is 58.1 Å². The van der Waals surface area contributed by atoms with Crippen molar-refractivity contribution in [3.8, 4) is 12.1 Å². The van der Waals surface area contributed by atoms with Crippen molar-refractivity contribution < 1.29 is 4.74 Å². The quantitative estimate of drug-likeness (QED) is 0.838. The summed E-state index contributed by atoms with van der Waals surface area (Å²) in [4.78, 5) is 0. The monoisotopic (exact) mass is 257 g/mol. The van der Waals surface area contributed by atoms with E-state index in [4.69, 9.17) is 32.6 Å². The molecule has 4 nitrogen and oxygen atoms in total. The Hall–Kier alpha value is -2.43. The highest BCUT2D eigenvalue weighted by atomic mass is 35.5. The van der Waals surface area contributed by atoms with Gasteiger partial charge >= 0.3 is 0 Å². The lowest BCUT2D eigenvalue weighted by molar-refractivity contribution is 0.326. The van der Waals surface area contributed by atoms with Crippen molar-refractivity contribution in [2.45, 2.75) is 5.92 Å². The van der Waals surface area contributed by atoms with E-state index in [1.54, 1.807) is 24.3 Å². The Morgan fingerprint density at radius 2 is 1.83 bits per heavy atom. The van der Waals surface area contributed by atoms with Crippen LogP contribution < -0.4 is 5.73 Å². The maximum Gasteiger partial charge on any atom is 0.204 e. The van der Waals surface area contributed by atoms with Gasteiger partial charge in [0.25, 0.3) is 0 Å². The maximum atomic E-state index is 9.13. The summed E-state index contributed by atoms with van der Waals surface area (Å²) in [5.41, 5.74) is 6.96. The van der Waals surface area contributed by atoms with Gasteiger partial charge in [0.05, 0.1) is 17.6 Å². The molecule has 1 aromatic rings. The summed E-state index contributed by atoms with van der Waals surface area (Å²) < 4.78 is 4.98. The summed E-state index contributed by atoms with van der Waals surface area (Å²) in [6, 6.07) is 10.9. The SMILES string of the molecule is N#CC1=COC(N)=C(C#N)C1c1ccc(Cl)cc1. The second-order valence-corrected chi connectivity index (χ2v) is 4.11. The molecule has 2 N–H and O–H groups in total.